The van der Waals surface area contributed by atoms with E-state index < -0.39 is 17.9 Å². The first-order chi connectivity index (χ1) is 10.7. The van der Waals surface area contributed by atoms with Crippen molar-refractivity contribution in [3.8, 4) is 0 Å². The van der Waals surface area contributed by atoms with Gasteiger partial charge in [0, 0.05) is 18.7 Å². The Bertz CT molecular complexity index is 444. The van der Waals surface area contributed by atoms with Gasteiger partial charge in [0.05, 0.1) is 6.10 Å². The normalized spacial score (nSPS) is 22.5. The highest BCUT2D eigenvalue weighted by Crippen LogP contribution is 2.26. The topological polar surface area (TPSA) is 49.5 Å². The Morgan fingerprint density at radius 3 is 2.78 bits per heavy atom. The molecule has 132 valence electrons. The van der Waals surface area contributed by atoms with Gasteiger partial charge in [-0.1, -0.05) is 30.4 Å². The van der Waals surface area contributed by atoms with Crippen LogP contribution in [0.1, 0.15) is 26.2 Å². The fourth-order valence-corrected chi connectivity index (χ4v) is 2.65. The molecule has 3 nitrogen and oxygen atoms in total. The molecule has 0 amide bonds. The number of piperidine rings is 1. The smallest absolute Gasteiger partial charge is 0.392 e. The van der Waals surface area contributed by atoms with Gasteiger partial charge < -0.3 is 15.7 Å². The van der Waals surface area contributed by atoms with Gasteiger partial charge in [-0.25, -0.2) is 0 Å². The average Bonchev–Trinajstić information content (AvgIpc) is 2.46. The molecule has 1 saturated heterocycles. The van der Waals surface area contributed by atoms with Gasteiger partial charge >= 0.3 is 6.18 Å². The predicted molar refractivity (Wildman–Crippen MR) is 86.9 cm³/mol. The Morgan fingerprint density at radius 1 is 1.48 bits per heavy atom. The summed E-state index contributed by atoms with van der Waals surface area (Å²) in [5.74, 6) is 0.213. The summed E-state index contributed by atoms with van der Waals surface area (Å²) in [4.78, 5) is 2.17. The Kier molecular flexibility index (Phi) is 8.02. The van der Waals surface area contributed by atoms with Crippen LogP contribution in [0.3, 0.4) is 0 Å². The number of hydrogen-bond donors (Lipinski definition) is 2. The molecule has 0 aliphatic carbocycles. The monoisotopic (exact) mass is 332 g/mol. The van der Waals surface area contributed by atoms with E-state index in [0.717, 1.165) is 44.5 Å². The van der Waals surface area contributed by atoms with Crippen LogP contribution in [0.15, 0.2) is 36.0 Å². The van der Waals surface area contributed by atoms with Gasteiger partial charge in [0.15, 0.2) is 0 Å². The summed E-state index contributed by atoms with van der Waals surface area (Å²) < 4.78 is 37.2. The number of allylic oxidation sites excluding steroid dienone is 4. The summed E-state index contributed by atoms with van der Waals surface area (Å²) >= 11 is 0. The van der Waals surface area contributed by atoms with Crippen molar-refractivity contribution < 1.29 is 18.3 Å². The number of aliphatic hydroxyl groups is 1. The maximum Gasteiger partial charge on any atom is 0.412 e. The van der Waals surface area contributed by atoms with Crippen LogP contribution in [-0.4, -0.2) is 48.5 Å². The summed E-state index contributed by atoms with van der Waals surface area (Å²) in [6.07, 6.45) is 1.94. The van der Waals surface area contributed by atoms with E-state index in [2.05, 4.69) is 11.5 Å². The summed E-state index contributed by atoms with van der Waals surface area (Å²) in [5.41, 5.74) is 5.63. The number of nitrogens with two attached hydrogens (primary N) is 1. The fourth-order valence-electron chi connectivity index (χ4n) is 2.65. The van der Waals surface area contributed by atoms with Crippen molar-refractivity contribution in [2.24, 2.45) is 11.7 Å². The molecule has 1 rings (SSSR count). The Labute approximate surface area is 136 Å². The molecule has 1 aliphatic rings. The number of aliphatic hydroxyl groups excluding tert-OH is 1. The standard InChI is InChI=1S/C17H27F3N2O/c1-13(5-3-6-14(2)17(18,19)20)15-7-4-10-22(11-15)12-16(23)8-9-21/h3,5-6,15-16,23H,1,4,7-12,21H2,2H3/b5-3-,14-6+. The first-order valence-corrected chi connectivity index (χ1v) is 7.95. The van der Waals surface area contributed by atoms with Crippen LogP contribution in [0, 0.1) is 5.92 Å². The minimum absolute atomic E-state index is 0.213. The maximum absolute atomic E-state index is 12.4. The molecule has 0 aromatic heterocycles. The van der Waals surface area contributed by atoms with Gasteiger partial charge in [0.25, 0.3) is 0 Å². The highest BCUT2D eigenvalue weighted by molar-refractivity contribution is 5.25. The van der Waals surface area contributed by atoms with Crippen molar-refractivity contribution in [1.82, 2.24) is 4.90 Å². The van der Waals surface area contributed by atoms with Gasteiger partial charge in [0.2, 0.25) is 0 Å². The third-order valence-electron chi connectivity index (χ3n) is 4.10. The third-order valence-corrected chi connectivity index (χ3v) is 4.10. The second-order valence-corrected chi connectivity index (χ2v) is 6.11. The zero-order chi connectivity index (χ0) is 17.5. The van der Waals surface area contributed by atoms with E-state index in [9.17, 15) is 18.3 Å². The van der Waals surface area contributed by atoms with Crippen molar-refractivity contribution in [3.05, 3.63) is 36.0 Å². The summed E-state index contributed by atoms with van der Waals surface area (Å²) in [7, 11) is 0. The molecule has 6 heteroatoms. The SMILES string of the molecule is C=C(/C=C\C=C(/C)C(F)(F)F)C1CCCN(CC(O)CCN)C1. The molecule has 0 aromatic carbocycles. The number of rotatable bonds is 7. The first kappa shape index (κ1) is 19.9. The average molecular weight is 332 g/mol. The molecule has 3 N–H and O–H groups in total. The van der Waals surface area contributed by atoms with Crippen molar-refractivity contribution in [1.29, 1.82) is 0 Å². The molecule has 0 aromatic rings. The molecule has 1 fully saturated rings. The van der Waals surface area contributed by atoms with E-state index in [1.807, 2.05) is 0 Å². The Balaban J connectivity index is 2.53. The van der Waals surface area contributed by atoms with Crippen LogP contribution in [0.5, 0.6) is 0 Å². The predicted octanol–water partition coefficient (Wildman–Crippen LogP) is 3.03. The van der Waals surface area contributed by atoms with Crippen LogP contribution in [0.2, 0.25) is 0 Å². The van der Waals surface area contributed by atoms with Crippen molar-refractivity contribution >= 4 is 0 Å². The summed E-state index contributed by atoms with van der Waals surface area (Å²) in [5, 5.41) is 9.83. The summed E-state index contributed by atoms with van der Waals surface area (Å²) in [6.45, 7) is 7.76. The number of alkyl halides is 3. The molecule has 23 heavy (non-hydrogen) atoms. The van der Waals surface area contributed by atoms with Crippen LogP contribution in [-0.2, 0) is 0 Å². The van der Waals surface area contributed by atoms with Crippen molar-refractivity contribution in [3.63, 3.8) is 0 Å². The molecule has 0 saturated carbocycles. The lowest BCUT2D eigenvalue weighted by molar-refractivity contribution is -0.0912. The first-order valence-electron chi connectivity index (χ1n) is 7.95. The molecule has 0 spiro atoms. The van der Waals surface area contributed by atoms with Crippen LogP contribution in [0.4, 0.5) is 13.2 Å². The molecule has 2 unspecified atom stereocenters. The second kappa shape index (κ2) is 9.25. The minimum Gasteiger partial charge on any atom is -0.392 e. The highest BCUT2D eigenvalue weighted by Gasteiger charge is 2.29. The number of nitrogens with zero attached hydrogens (tertiary/aromatic N) is 1. The van der Waals surface area contributed by atoms with Crippen molar-refractivity contribution in [2.45, 2.75) is 38.5 Å². The number of β-amino-alcohol motifs (C(OH)–C–C–N with tert-alkyl or cyclic N) is 1. The molecule has 2 atom stereocenters. The van der Waals surface area contributed by atoms with Gasteiger partial charge in [0.1, 0.15) is 0 Å². The number of hydrogen-bond acceptors (Lipinski definition) is 3. The zero-order valence-electron chi connectivity index (χ0n) is 13.6. The van der Waals surface area contributed by atoms with Gasteiger partial charge in [-0.05, 0) is 45.2 Å². The highest BCUT2D eigenvalue weighted by atomic mass is 19.4. The van der Waals surface area contributed by atoms with Crippen LogP contribution < -0.4 is 5.73 Å². The van der Waals surface area contributed by atoms with E-state index in [4.69, 9.17) is 5.73 Å². The molecule has 1 aliphatic heterocycles. The molecular weight excluding hydrogens is 305 g/mol. The molecule has 0 bridgehead atoms. The largest absolute Gasteiger partial charge is 0.412 e. The third kappa shape index (κ3) is 7.33. The zero-order valence-corrected chi connectivity index (χ0v) is 13.6. The van der Waals surface area contributed by atoms with Crippen molar-refractivity contribution in [2.75, 3.05) is 26.2 Å². The lowest BCUT2D eigenvalue weighted by atomic mass is 9.90. The summed E-state index contributed by atoms with van der Waals surface area (Å²) in [6, 6.07) is 0. The van der Waals surface area contributed by atoms with Crippen LogP contribution in [0.25, 0.3) is 0 Å². The Hall–Kier alpha value is -1.11. The van der Waals surface area contributed by atoms with Gasteiger partial charge in [-0.2, -0.15) is 13.2 Å². The van der Waals surface area contributed by atoms with Crippen LogP contribution >= 0.6 is 0 Å². The van der Waals surface area contributed by atoms with Gasteiger partial charge in [-0.15, -0.1) is 0 Å². The van der Waals surface area contributed by atoms with Gasteiger partial charge in [-0.3, -0.25) is 0 Å². The molecule has 1 heterocycles. The van der Waals surface area contributed by atoms with E-state index in [-0.39, 0.29) is 5.92 Å². The fraction of sp³-hybridized carbons (Fsp3) is 0.647. The van der Waals surface area contributed by atoms with E-state index in [1.54, 1.807) is 6.08 Å². The molecular formula is C17H27F3N2O. The quantitative estimate of drug-likeness (QED) is 0.705. The maximum atomic E-state index is 12.4. The number of likely N-dealkylation sites (tertiary alicyclic amines) is 1. The lowest BCUT2D eigenvalue weighted by Gasteiger charge is -2.34. The lowest BCUT2D eigenvalue weighted by Crippen LogP contribution is -2.41. The van der Waals surface area contributed by atoms with E-state index in [1.165, 1.54) is 6.08 Å². The van der Waals surface area contributed by atoms with E-state index >= 15 is 0 Å². The second-order valence-electron chi connectivity index (χ2n) is 6.11. The number of halogens is 3. The Morgan fingerprint density at radius 2 is 2.17 bits per heavy atom. The van der Waals surface area contributed by atoms with E-state index in [0.29, 0.717) is 19.5 Å². The molecule has 0 radical (unpaired) electrons. The minimum atomic E-state index is -4.29.